The van der Waals surface area contributed by atoms with Crippen LogP contribution in [0, 0.1) is 0 Å². The molecule has 32 heavy (non-hydrogen) atoms. The van der Waals surface area contributed by atoms with Crippen LogP contribution in [0.1, 0.15) is 65.7 Å². The summed E-state index contributed by atoms with van der Waals surface area (Å²) in [5.74, 6) is 0.760. The fraction of sp³-hybridized carbons (Fsp3) is 0.407. The van der Waals surface area contributed by atoms with Crippen molar-refractivity contribution in [3.63, 3.8) is 0 Å². The van der Waals surface area contributed by atoms with Crippen LogP contribution >= 0.6 is 11.3 Å². The first kappa shape index (κ1) is 24.0. The molecule has 0 aliphatic heterocycles. The third-order valence-electron chi connectivity index (χ3n) is 6.49. The Hall–Kier alpha value is -2.66. The molecule has 2 N–H and O–H groups in total. The second-order valence-electron chi connectivity index (χ2n) is 8.85. The van der Waals surface area contributed by atoms with Crippen LogP contribution in [0.5, 0.6) is 0 Å². The average molecular weight is 449 g/mol. The Bertz CT molecular complexity index is 1020. The van der Waals surface area contributed by atoms with Gasteiger partial charge in [0.25, 0.3) is 0 Å². The van der Waals surface area contributed by atoms with Crippen LogP contribution in [-0.2, 0) is 18.4 Å². The van der Waals surface area contributed by atoms with Gasteiger partial charge < -0.3 is 10.6 Å². The Morgan fingerprint density at radius 3 is 2.62 bits per heavy atom. The first-order valence-corrected chi connectivity index (χ1v) is 12.2. The zero-order chi connectivity index (χ0) is 23.3. The van der Waals surface area contributed by atoms with Gasteiger partial charge >= 0.3 is 0 Å². The van der Waals surface area contributed by atoms with Gasteiger partial charge in [0, 0.05) is 43.2 Å². The molecule has 0 amide bonds. The number of fused-ring (bicyclic) bond motifs is 1. The minimum Gasteiger partial charge on any atom is -0.370 e. The summed E-state index contributed by atoms with van der Waals surface area (Å²) in [6, 6.07) is 9.15. The van der Waals surface area contributed by atoms with E-state index in [1.165, 1.54) is 40.0 Å². The lowest BCUT2D eigenvalue weighted by Gasteiger charge is -2.33. The number of nitrogens with two attached hydrogens (primary N) is 1. The number of hydrogen-bond acceptors (Lipinski definition) is 3. The average Bonchev–Trinajstić information content (AvgIpc) is 3.44. The molecule has 1 aliphatic carbocycles. The molecule has 4 nitrogen and oxygen atoms in total. The lowest BCUT2D eigenvalue weighted by Crippen LogP contribution is -2.36. The number of aliphatic imine (C=N–C) groups is 2. The van der Waals surface area contributed by atoms with Crippen molar-refractivity contribution in [1.82, 2.24) is 4.90 Å². The highest BCUT2D eigenvalue weighted by Crippen LogP contribution is 2.45. The Kier molecular flexibility index (Phi) is 7.73. The minimum absolute atomic E-state index is 0.000295. The van der Waals surface area contributed by atoms with E-state index in [-0.39, 0.29) is 11.8 Å². The number of nitrogens with zero attached hydrogens (tertiary/aromatic N) is 3. The summed E-state index contributed by atoms with van der Waals surface area (Å²) in [5, 5.41) is 2.22. The van der Waals surface area contributed by atoms with Crippen molar-refractivity contribution < 1.29 is 0 Å². The number of hydrogen-bond donors (Lipinski definition) is 1. The highest BCUT2D eigenvalue weighted by atomic mass is 32.1. The molecule has 1 aromatic carbocycles. The predicted octanol–water partition coefficient (Wildman–Crippen LogP) is 6.01. The number of thiophene rings is 1. The monoisotopic (exact) mass is 448 g/mol. The Labute approximate surface area is 197 Å². The fourth-order valence-electron chi connectivity index (χ4n) is 4.49. The Morgan fingerprint density at radius 2 is 1.97 bits per heavy atom. The second-order valence-corrected chi connectivity index (χ2v) is 9.76. The third-order valence-corrected chi connectivity index (χ3v) is 7.66. The molecule has 1 heterocycles. The van der Waals surface area contributed by atoms with Gasteiger partial charge in [-0.05, 0) is 66.3 Å². The number of guanidine groups is 1. The summed E-state index contributed by atoms with van der Waals surface area (Å²) in [6.07, 6.45) is 10.1. The van der Waals surface area contributed by atoms with Gasteiger partial charge in [-0.25, -0.2) is 4.99 Å². The van der Waals surface area contributed by atoms with E-state index in [9.17, 15) is 0 Å². The predicted molar refractivity (Wildman–Crippen MR) is 140 cm³/mol. The molecule has 1 aliphatic rings. The van der Waals surface area contributed by atoms with Crippen molar-refractivity contribution in [2.45, 2.75) is 56.9 Å². The van der Waals surface area contributed by atoms with Crippen molar-refractivity contribution in [2.75, 3.05) is 14.1 Å². The van der Waals surface area contributed by atoms with Gasteiger partial charge in [-0.3, -0.25) is 4.99 Å². The van der Waals surface area contributed by atoms with Crippen LogP contribution in [0.3, 0.4) is 0 Å². The lowest BCUT2D eigenvalue weighted by atomic mass is 9.78. The van der Waals surface area contributed by atoms with Gasteiger partial charge in [0.05, 0.1) is 0 Å². The highest BCUT2D eigenvalue weighted by Gasteiger charge is 2.38. The van der Waals surface area contributed by atoms with Crippen molar-refractivity contribution in [1.29, 1.82) is 0 Å². The van der Waals surface area contributed by atoms with Crippen LogP contribution in [-0.4, -0.2) is 31.2 Å². The van der Waals surface area contributed by atoms with E-state index in [2.05, 4.69) is 61.6 Å². The molecule has 0 saturated heterocycles. The standard InChI is InChI=1S/C27H36N4S/c1-7-19(17-29-9-3)23-16-25(32-18-23)27(4,30-26(28)31(5)6)24(8-2)22-14-13-20-11-10-12-21(20)15-22/h8-9,13-19,24H,2-3,7,10-12H2,1,4-6H3,(H2,28,30)/t19?,24?,27-/m0/s1. The third kappa shape index (κ3) is 4.88. The smallest absolute Gasteiger partial charge is 0.191 e. The van der Waals surface area contributed by atoms with E-state index >= 15 is 0 Å². The molecule has 0 radical (unpaired) electrons. The molecule has 5 heteroatoms. The number of benzene rings is 1. The summed E-state index contributed by atoms with van der Waals surface area (Å²) in [5.41, 5.74) is 11.2. The van der Waals surface area contributed by atoms with Gasteiger partial charge in [0.1, 0.15) is 5.54 Å². The Balaban J connectivity index is 2.10. The zero-order valence-electron chi connectivity index (χ0n) is 19.8. The topological polar surface area (TPSA) is 54.0 Å². The minimum atomic E-state index is -0.570. The lowest BCUT2D eigenvalue weighted by molar-refractivity contribution is 0.442. The Morgan fingerprint density at radius 1 is 1.22 bits per heavy atom. The van der Waals surface area contributed by atoms with Crippen LogP contribution in [0.25, 0.3) is 0 Å². The molecule has 3 rings (SSSR count). The summed E-state index contributed by atoms with van der Waals surface area (Å²) in [4.78, 5) is 12.4. The van der Waals surface area contributed by atoms with Crippen LogP contribution < -0.4 is 5.73 Å². The van der Waals surface area contributed by atoms with Crippen LogP contribution in [0.4, 0.5) is 0 Å². The normalized spacial score (nSPS) is 17.6. The maximum Gasteiger partial charge on any atom is 0.191 e. The molecule has 1 aromatic heterocycles. The van der Waals surface area contributed by atoms with E-state index in [1.54, 1.807) is 17.5 Å². The first-order chi connectivity index (χ1) is 15.3. The van der Waals surface area contributed by atoms with Gasteiger partial charge in [0.15, 0.2) is 5.96 Å². The molecule has 0 bridgehead atoms. The van der Waals surface area contributed by atoms with E-state index in [1.807, 2.05) is 31.3 Å². The molecule has 3 atom stereocenters. The SMILES string of the molecule is C=CN=CC(CC)c1csc([C@@](C)(N=C(N)N(C)C)C(C=C)c2ccc3c(c2)CCC3)c1. The molecular formula is C27H36N4S. The first-order valence-electron chi connectivity index (χ1n) is 11.3. The summed E-state index contributed by atoms with van der Waals surface area (Å²) < 4.78 is 0. The zero-order valence-corrected chi connectivity index (χ0v) is 20.7. The number of rotatable bonds is 9. The molecule has 2 aromatic rings. The molecule has 0 spiro atoms. The maximum atomic E-state index is 6.37. The molecule has 170 valence electrons. The van der Waals surface area contributed by atoms with Crippen molar-refractivity contribution in [2.24, 2.45) is 15.7 Å². The molecule has 0 fully saturated rings. The van der Waals surface area contributed by atoms with Gasteiger partial charge in [-0.2, -0.15) is 0 Å². The maximum absolute atomic E-state index is 6.37. The molecule has 0 saturated carbocycles. The van der Waals surface area contributed by atoms with E-state index in [0.717, 1.165) is 12.8 Å². The van der Waals surface area contributed by atoms with Crippen molar-refractivity contribution >= 4 is 23.5 Å². The summed E-state index contributed by atoms with van der Waals surface area (Å²) >= 11 is 1.73. The van der Waals surface area contributed by atoms with Crippen LogP contribution in [0.15, 0.2) is 65.1 Å². The van der Waals surface area contributed by atoms with E-state index < -0.39 is 5.54 Å². The quantitative estimate of drug-likeness (QED) is 0.290. The van der Waals surface area contributed by atoms with E-state index in [0.29, 0.717) is 5.96 Å². The van der Waals surface area contributed by atoms with Crippen molar-refractivity contribution in [3.05, 3.63) is 82.2 Å². The summed E-state index contributed by atoms with van der Waals surface area (Å²) in [7, 11) is 3.85. The van der Waals surface area contributed by atoms with Crippen LogP contribution in [0.2, 0.25) is 0 Å². The summed E-state index contributed by atoms with van der Waals surface area (Å²) in [6.45, 7) is 12.3. The molecular weight excluding hydrogens is 412 g/mol. The largest absolute Gasteiger partial charge is 0.370 e. The fourth-order valence-corrected chi connectivity index (χ4v) is 5.62. The van der Waals surface area contributed by atoms with Gasteiger partial charge in [0.2, 0.25) is 0 Å². The number of aryl methyl sites for hydroxylation is 2. The van der Waals surface area contributed by atoms with Gasteiger partial charge in [-0.15, -0.1) is 17.9 Å². The molecule has 2 unspecified atom stereocenters. The van der Waals surface area contributed by atoms with Gasteiger partial charge in [-0.1, -0.05) is 37.8 Å². The highest BCUT2D eigenvalue weighted by molar-refractivity contribution is 7.10. The van der Waals surface area contributed by atoms with Crippen molar-refractivity contribution in [3.8, 4) is 0 Å². The van der Waals surface area contributed by atoms with E-state index in [4.69, 9.17) is 10.7 Å². The second kappa shape index (κ2) is 10.3.